The fraction of sp³-hybridized carbons (Fsp3) is 0.700. The third-order valence-electron chi connectivity index (χ3n) is 5.30. The van der Waals surface area contributed by atoms with E-state index in [1.54, 1.807) is 0 Å². The minimum absolute atomic E-state index is 0.745. The summed E-state index contributed by atoms with van der Waals surface area (Å²) in [5.41, 5.74) is 2.50. The molecule has 0 radical (unpaired) electrons. The Morgan fingerprint density at radius 1 is 0.913 bits per heavy atom. The standard InChI is InChI=1S/C20H41N3/c1-10-12-17-23(9,20(6)21-7)19(5)14-13-16-22(8,15-11-2)18(3)4/h21H,3,5-6,10-17H2,1-2,4,7-9H3/q+2. The van der Waals surface area contributed by atoms with E-state index in [9.17, 15) is 0 Å². The van der Waals surface area contributed by atoms with Gasteiger partial charge in [-0.25, -0.2) is 0 Å². The molecule has 0 aliphatic carbocycles. The predicted octanol–water partition coefficient (Wildman–Crippen LogP) is 4.61. The molecule has 0 aliphatic rings. The number of hydrogen-bond donors (Lipinski definition) is 1. The molecule has 3 nitrogen and oxygen atoms in total. The van der Waals surface area contributed by atoms with Gasteiger partial charge in [-0.1, -0.05) is 20.3 Å². The van der Waals surface area contributed by atoms with E-state index in [0.29, 0.717) is 0 Å². The zero-order chi connectivity index (χ0) is 18.1. The molecular formula is C20H41N3+2. The van der Waals surface area contributed by atoms with Gasteiger partial charge in [-0.3, -0.25) is 8.97 Å². The highest BCUT2D eigenvalue weighted by Crippen LogP contribution is 2.25. The molecule has 0 bridgehead atoms. The van der Waals surface area contributed by atoms with Gasteiger partial charge in [0.25, 0.3) is 0 Å². The van der Waals surface area contributed by atoms with Gasteiger partial charge in [-0.2, -0.15) is 0 Å². The second-order valence-corrected chi connectivity index (χ2v) is 7.21. The summed E-state index contributed by atoms with van der Waals surface area (Å²) >= 11 is 0. The smallest absolute Gasteiger partial charge is 0.198 e. The van der Waals surface area contributed by atoms with Crippen LogP contribution in [0.15, 0.2) is 37.0 Å². The number of nitrogens with one attached hydrogen (secondary N) is 1. The van der Waals surface area contributed by atoms with E-state index in [-0.39, 0.29) is 0 Å². The lowest BCUT2D eigenvalue weighted by molar-refractivity contribution is -0.873. The van der Waals surface area contributed by atoms with Crippen LogP contribution in [0.3, 0.4) is 0 Å². The SMILES string of the molecule is C=C(C)[N+](C)(CCC)CCCC(=C)[N+](C)(CCCC)C(=C)NC. The molecule has 0 heterocycles. The van der Waals surface area contributed by atoms with Gasteiger partial charge in [0.15, 0.2) is 5.82 Å². The first-order chi connectivity index (χ1) is 10.7. The van der Waals surface area contributed by atoms with Crippen molar-refractivity contribution in [2.75, 3.05) is 40.8 Å². The molecule has 3 heteroatoms. The Morgan fingerprint density at radius 3 is 1.96 bits per heavy atom. The third-order valence-corrected chi connectivity index (χ3v) is 5.30. The normalized spacial score (nSPS) is 16.3. The van der Waals surface area contributed by atoms with Crippen LogP contribution in [0.1, 0.15) is 52.9 Å². The maximum Gasteiger partial charge on any atom is 0.198 e. The molecule has 0 saturated carbocycles. The number of quaternary nitrogens is 2. The molecule has 0 aromatic rings. The molecule has 0 aliphatic heterocycles. The van der Waals surface area contributed by atoms with Crippen LogP contribution in [0.2, 0.25) is 0 Å². The maximum atomic E-state index is 4.40. The highest BCUT2D eigenvalue weighted by molar-refractivity contribution is 4.93. The molecule has 0 fully saturated rings. The summed E-state index contributed by atoms with van der Waals surface area (Å²) < 4.78 is 1.71. The van der Waals surface area contributed by atoms with Gasteiger partial charge in [-0.05, 0) is 32.6 Å². The van der Waals surface area contributed by atoms with Gasteiger partial charge in [0.2, 0.25) is 0 Å². The van der Waals surface area contributed by atoms with Crippen LogP contribution >= 0.6 is 0 Å². The highest BCUT2D eigenvalue weighted by atomic mass is 15.4. The second kappa shape index (κ2) is 9.94. The Labute approximate surface area is 145 Å². The number of unbranched alkanes of at least 4 members (excludes halogenated alkanes) is 1. The van der Waals surface area contributed by atoms with Crippen molar-refractivity contribution in [3.05, 3.63) is 37.0 Å². The molecule has 2 unspecified atom stereocenters. The van der Waals surface area contributed by atoms with Crippen molar-refractivity contribution in [3.8, 4) is 0 Å². The first-order valence-electron chi connectivity index (χ1n) is 9.09. The highest BCUT2D eigenvalue weighted by Gasteiger charge is 2.30. The zero-order valence-corrected chi connectivity index (χ0v) is 16.7. The van der Waals surface area contributed by atoms with Crippen molar-refractivity contribution in [1.29, 1.82) is 0 Å². The monoisotopic (exact) mass is 323 g/mol. The quantitative estimate of drug-likeness (QED) is 0.488. The van der Waals surface area contributed by atoms with Crippen molar-refractivity contribution >= 4 is 0 Å². The summed E-state index contributed by atoms with van der Waals surface area (Å²) in [6.07, 6.45) is 5.74. The summed E-state index contributed by atoms with van der Waals surface area (Å²) in [6.45, 7) is 22.8. The average molecular weight is 324 g/mol. The van der Waals surface area contributed by atoms with Crippen molar-refractivity contribution < 1.29 is 8.97 Å². The van der Waals surface area contributed by atoms with E-state index in [1.807, 2.05) is 7.05 Å². The first-order valence-corrected chi connectivity index (χ1v) is 9.09. The molecule has 23 heavy (non-hydrogen) atoms. The van der Waals surface area contributed by atoms with Gasteiger partial charge in [0.05, 0.1) is 39.4 Å². The first kappa shape index (κ1) is 21.9. The minimum atomic E-state index is 0.745. The number of hydrogen-bond acceptors (Lipinski definition) is 1. The Bertz CT molecular complexity index is 413. The Hall–Kier alpha value is -1.06. The fourth-order valence-corrected chi connectivity index (χ4v) is 3.07. The van der Waals surface area contributed by atoms with Crippen molar-refractivity contribution in [2.45, 2.75) is 52.9 Å². The molecule has 2 atom stereocenters. The lowest BCUT2D eigenvalue weighted by Gasteiger charge is -2.37. The van der Waals surface area contributed by atoms with Crippen molar-refractivity contribution in [3.63, 3.8) is 0 Å². The summed E-state index contributed by atoms with van der Waals surface area (Å²) in [6, 6.07) is 0. The van der Waals surface area contributed by atoms with Gasteiger partial charge in [0.1, 0.15) is 5.70 Å². The molecule has 0 spiro atoms. The van der Waals surface area contributed by atoms with E-state index in [0.717, 1.165) is 47.3 Å². The van der Waals surface area contributed by atoms with Crippen LogP contribution in [0.5, 0.6) is 0 Å². The Balaban J connectivity index is 4.82. The number of allylic oxidation sites excluding steroid dienone is 2. The fourth-order valence-electron chi connectivity index (χ4n) is 3.07. The zero-order valence-electron chi connectivity index (χ0n) is 16.7. The van der Waals surface area contributed by atoms with Gasteiger partial charge in [-0.15, -0.1) is 0 Å². The van der Waals surface area contributed by atoms with Crippen LogP contribution in [0, 0.1) is 0 Å². The number of nitrogens with zero attached hydrogens (tertiary/aromatic N) is 2. The molecule has 0 amide bonds. The summed E-state index contributed by atoms with van der Waals surface area (Å²) in [7, 11) is 6.48. The molecular weight excluding hydrogens is 282 g/mol. The Morgan fingerprint density at radius 2 is 1.52 bits per heavy atom. The summed E-state index contributed by atoms with van der Waals surface area (Å²) in [5.74, 6) is 1.04. The molecule has 0 rings (SSSR count). The Kier molecular flexibility index (Phi) is 9.48. The van der Waals surface area contributed by atoms with E-state index in [4.69, 9.17) is 0 Å². The topological polar surface area (TPSA) is 12.0 Å². The van der Waals surface area contributed by atoms with Crippen LogP contribution in [0.4, 0.5) is 0 Å². The maximum absolute atomic E-state index is 4.40. The lowest BCUT2D eigenvalue weighted by Crippen LogP contribution is -2.47. The molecule has 134 valence electrons. The summed E-state index contributed by atoms with van der Waals surface area (Å²) in [5, 5.41) is 3.24. The van der Waals surface area contributed by atoms with Crippen molar-refractivity contribution in [2.24, 2.45) is 0 Å². The molecule has 1 N–H and O–H groups in total. The third kappa shape index (κ3) is 6.15. The van der Waals surface area contributed by atoms with Gasteiger partial charge in [0, 0.05) is 26.8 Å². The second-order valence-electron chi connectivity index (χ2n) is 7.21. The van der Waals surface area contributed by atoms with Crippen LogP contribution in [-0.4, -0.2) is 49.7 Å². The van der Waals surface area contributed by atoms with E-state index < -0.39 is 0 Å². The molecule has 0 aromatic heterocycles. The largest absolute Gasteiger partial charge is 0.345 e. The van der Waals surface area contributed by atoms with E-state index in [2.05, 4.69) is 59.9 Å². The average Bonchev–Trinajstić information content (AvgIpc) is 2.51. The van der Waals surface area contributed by atoms with Crippen molar-refractivity contribution in [1.82, 2.24) is 5.32 Å². The number of rotatable bonds is 13. The molecule has 0 saturated heterocycles. The predicted molar refractivity (Wildman–Crippen MR) is 104 cm³/mol. The lowest BCUT2D eigenvalue weighted by atomic mass is 10.1. The molecule has 0 aromatic carbocycles. The van der Waals surface area contributed by atoms with Crippen LogP contribution in [-0.2, 0) is 0 Å². The van der Waals surface area contributed by atoms with Crippen LogP contribution < -0.4 is 5.32 Å². The van der Waals surface area contributed by atoms with E-state index >= 15 is 0 Å². The minimum Gasteiger partial charge on any atom is -0.345 e. The van der Waals surface area contributed by atoms with Gasteiger partial charge < -0.3 is 5.32 Å². The summed E-state index contributed by atoms with van der Waals surface area (Å²) in [4.78, 5) is 0. The van der Waals surface area contributed by atoms with Crippen LogP contribution in [0.25, 0.3) is 0 Å². The van der Waals surface area contributed by atoms with E-state index in [1.165, 1.54) is 30.7 Å². The van der Waals surface area contributed by atoms with Gasteiger partial charge >= 0.3 is 0 Å².